The van der Waals surface area contributed by atoms with E-state index in [4.69, 9.17) is 0 Å². The van der Waals surface area contributed by atoms with Crippen molar-refractivity contribution in [2.75, 3.05) is 43.1 Å². The molecule has 0 aliphatic carbocycles. The van der Waals surface area contributed by atoms with Gasteiger partial charge in [0.25, 0.3) is 0 Å². The maximum atomic E-state index is 13.6. The van der Waals surface area contributed by atoms with Crippen LogP contribution in [0, 0.1) is 12.8 Å². The van der Waals surface area contributed by atoms with Crippen LogP contribution in [0.1, 0.15) is 23.1 Å². The Kier molecular flexibility index (Phi) is 8.49. The zero-order valence-electron chi connectivity index (χ0n) is 22.3. The lowest BCUT2D eigenvalue weighted by atomic mass is 9.99. The van der Waals surface area contributed by atoms with Gasteiger partial charge >= 0.3 is 24.2 Å². The number of halogens is 3. The van der Waals surface area contributed by atoms with Crippen molar-refractivity contribution < 1.29 is 41.9 Å². The van der Waals surface area contributed by atoms with Crippen LogP contribution in [0.15, 0.2) is 42.5 Å². The summed E-state index contributed by atoms with van der Waals surface area (Å²) in [7, 11) is 1.19. The van der Waals surface area contributed by atoms with Gasteiger partial charge in [-0.05, 0) is 48.4 Å². The van der Waals surface area contributed by atoms with E-state index in [0.717, 1.165) is 11.0 Å². The summed E-state index contributed by atoms with van der Waals surface area (Å²) in [5.74, 6) is -3.62. The van der Waals surface area contributed by atoms with E-state index in [1.54, 1.807) is 24.3 Å². The number of amides is 6. The first-order chi connectivity index (χ1) is 19.4. The number of esters is 1. The molecule has 2 aliphatic rings. The molecule has 2 fully saturated rings. The van der Waals surface area contributed by atoms with Gasteiger partial charge in [-0.2, -0.15) is 13.2 Å². The van der Waals surface area contributed by atoms with Gasteiger partial charge < -0.3 is 15.4 Å². The van der Waals surface area contributed by atoms with Crippen molar-refractivity contribution in [3.05, 3.63) is 59.2 Å². The van der Waals surface area contributed by atoms with Gasteiger partial charge in [-0.3, -0.25) is 29.1 Å². The number of nitrogens with zero attached hydrogens (tertiary/aromatic N) is 3. The highest BCUT2D eigenvalue weighted by Crippen LogP contribution is 2.34. The molecule has 0 spiro atoms. The first-order valence-electron chi connectivity index (χ1n) is 12.7. The Balaban J connectivity index is 1.64. The molecule has 41 heavy (non-hydrogen) atoms. The normalized spacial score (nSPS) is 17.5. The summed E-state index contributed by atoms with van der Waals surface area (Å²) in [5, 5.41) is 5.17. The number of anilines is 2. The maximum Gasteiger partial charge on any atom is 0.416 e. The summed E-state index contributed by atoms with van der Waals surface area (Å²) in [6, 6.07) is 8.69. The summed E-state index contributed by atoms with van der Waals surface area (Å²) in [5.41, 5.74) is -0.0853. The molecule has 2 saturated heterocycles. The van der Waals surface area contributed by atoms with Gasteiger partial charge in [-0.25, -0.2) is 9.59 Å². The number of benzene rings is 2. The van der Waals surface area contributed by atoms with E-state index >= 15 is 0 Å². The molecule has 1 unspecified atom stereocenters. The summed E-state index contributed by atoms with van der Waals surface area (Å²) in [6.07, 6.45) is -4.79. The van der Waals surface area contributed by atoms with Gasteiger partial charge in [0.15, 0.2) is 0 Å². The summed E-state index contributed by atoms with van der Waals surface area (Å²) in [4.78, 5) is 66.9. The third-order valence-corrected chi connectivity index (χ3v) is 6.97. The van der Waals surface area contributed by atoms with Crippen molar-refractivity contribution in [1.82, 2.24) is 15.5 Å². The number of hydrogen-bond acceptors (Lipinski definition) is 6. The standard InChI is InChI=1S/C27H28F3N5O6/c1-16-17(4-3-5-21(16)27(28,29)30)14-35-24(38)20(23(37)31-11-10-22(36)41-2)15-34(26(35)40)19-8-6-18(7-9-19)33-13-12-32-25(33)39/h3-9,20H,10-15H2,1-2H3,(H,31,37)(H,32,39). The Hall–Kier alpha value is -4.62. The van der Waals surface area contributed by atoms with E-state index < -0.39 is 48.0 Å². The molecule has 11 nitrogen and oxygen atoms in total. The molecule has 14 heteroatoms. The number of ether oxygens (including phenoxy) is 1. The summed E-state index contributed by atoms with van der Waals surface area (Å²) >= 11 is 0. The number of carbonyl (C=O) groups is 5. The van der Waals surface area contributed by atoms with E-state index in [2.05, 4.69) is 15.4 Å². The second-order valence-corrected chi connectivity index (χ2v) is 9.47. The Morgan fingerprint density at radius 1 is 1.05 bits per heavy atom. The minimum Gasteiger partial charge on any atom is -0.469 e. The number of urea groups is 2. The minimum atomic E-state index is -4.64. The van der Waals surface area contributed by atoms with Crippen molar-refractivity contribution >= 4 is 41.2 Å². The van der Waals surface area contributed by atoms with E-state index in [1.165, 1.54) is 36.0 Å². The lowest BCUT2D eigenvalue weighted by Crippen LogP contribution is -2.60. The van der Waals surface area contributed by atoms with Crippen LogP contribution in [0.5, 0.6) is 0 Å². The number of methoxy groups -OCH3 is 1. The first kappa shape index (κ1) is 29.4. The molecule has 1 atom stereocenters. The number of hydrogen-bond donors (Lipinski definition) is 2. The summed E-state index contributed by atoms with van der Waals surface area (Å²) < 4.78 is 45.1. The summed E-state index contributed by atoms with van der Waals surface area (Å²) in [6.45, 7) is 1.21. The van der Waals surface area contributed by atoms with Crippen LogP contribution in [0.4, 0.5) is 34.1 Å². The highest BCUT2D eigenvalue weighted by molar-refractivity contribution is 6.13. The van der Waals surface area contributed by atoms with E-state index in [9.17, 15) is 37.1 Å². The van der Waals surface area contributed by atoms with Gasteiger partial charge in [0.05, 0.1) is 25.6 Å². The number of carbonyl (C=O) groups excluding carboxylic acids is 5. The molecule has 2 heterocycles. The highest BCUT2D eigenvalue weighted by atomic mass is 19.4. The van der Waals surface area contributed by atoms with E-state index in [-0.39, 0.29) is 36.7 Å². The van der Waals surface area contributed by atoms with E-state index in [0.29, 0.717) is 24.5 Å². The Bertz CT molecular complexity index is 1360. The van der Waals surface area contributed by atoms with Crippen molar-refractivity contribution in [2.45, 2.75) is 26.1 Å². The molecule has 2 aromatic carbocycles. The molecular weight excluding hydrogens is 547 g/mol. The van der Waals surface area contributed by atoms with Crippen LogP contribution in [-0.4, -0.2) is 68.0 Å². The van der Waals surface area contributed by atoms with Crippen LogP contribution in [0.2, 0.25) is 0 Å². The fraction of sp³-hybridized carbons (Fsp3) is 0.370. The third-order valence-electron chi connectivity index (χ3n) is 6.97. The SMILES string of the molecule is COC(=O)CCNC(=O)C1CN(c2ccc(N3CCNC3=O)cc2)C(=O)N(Cc2cccc(C(F)(F)F)c2C)C1=O. The average molecular weight is 576 g/mol. The number of alkyl halides is 3. The lowest BCUT2D eigenvalue weighted by Gasteiger charge is -2.38. The zero-order chi connectivity index (χ0) is 29.9. The molecule has 0 radical (unpaired) electrons. The Morgan fingerprint density at radius 2 is 1.71 bits per heavy atom. The predicted molar refractivity (Wildman–Crippen MR) is 140 cm³/mol. The number of rotatable bonds is 8. The smallest absolute Gasteiger partial charge is 0.416 e. The van der Waals surface area contributed by atoms with Crippen LogP contribution in [0.3, 0.4) is 0 Å². The fourth-order valence-electron chi connectivity index (χ4n) is 4.70. The molecule has 2 aliphatic heterocycles. The van der Waals surface area contributed by atoms with Gasteiger partial charge in [0, 0.05) is 37.6 Å². The molecule has 0 bridgehead atoms. The average Bonchev–Trinajstić information content (AvgIpc) is 3.37. The second-order valence-electron chi connectivity index (χ2n) is 9.47. The first-order valence-corrected chi connectivity index (χ1v) is 12.7. The van der Waals surface area contributed by atoms with Gasteiger partial charge in [-0.15, -0.1) is 0 Å². The Morgan fingerprint density at radius 3 is 2.29 bits per heavy atom. The van der Waals surface area contributed by atoms with Gasteiger partial charge in [0.1, 0.15) is 5.92 Å². The number of nitrogens with one attached hydrogen (secondary N) is 2. The molecular formula is C27H28F3N5O6. The van der Waals surface area contributed by atoms with Crippen LogP contribution < -0.4 is 20.4 Å². The van der Waals surface area contributed by atoms with Crippen LogP contribution in [-0.2, 0) is 31.8 Å². The molecule has 6 amide bonds. The van der Waals surface area contributed by atoms with E-state index in [1.807, 2.05) is 0 Å². The third kappa shape index (κ3) is 6.26. The van der Waals surface area contributed by atoms with Crippen molar-refractivity contribution in [3.8, 4) is 0 Å². The highest BCUT2D eigenvalue weighted by Gasteiger charge is 2.44. The van der Waals surface area contributed by atoms with Gasteiger partial charge in [-0.1, -0.05) is 12.1 Å². The minimum absolute atomic E-state index is 0.0867. The Labute approximate surface area is 233 Å². The van der Waals surface area contributed by atoms with Crippen molar-refractivity contribution in [2.24, 2.45) is 5.92 Å². The quantitative estimate of drug-likeness (QED) is 0.368. The topological polar surface area (TPSA) is 128 Å². The monoisotopic (exact) mass is 575 g/mol. The van der Waals surface area contributed by atoms with Crippen LogP contribution >= 0.6 is 0 Å². The van der Waals surface area contributed by atoms with Crippen molar-refractivity contribution in [1.29, 1.82) is 0 Å². The molecule has 4 rings (SSSR count). The molecule has 2 aromatic rings. The van der Waals surface area contributed by atoms with Crippen molar-refractivity contribution in [3.63, 3.8) is 0 Å². The lowest BCUT2D eigenvalue weighted by molar-refractivity contribution is -0.141. The maximum absolute atomic E-state index is 13.6. The molecule has 218 valence electrons. The second kappa shape index (κ2) is 11.9. The molecule has 0 saturated carbocycles. The van der Waals surface area contributed by atoms with Crippen LogP contribution in [0.25, 0.3) is 0 Å². The fourth-order valence-corrected chi connectivity index (χ4v) is 4.70. The predicted octanol–water partition coefficient (Wildman–Crippen LogP) is 2.81. The number of imide groups is 1. The zero-order valence-corrected chi connectivity index (χ0v) is 22.3. The molecule has 0 aromatic heterocycles. The van der Waals surface area contributed by atoms with Gasteiger partial charge in [0.2, 0.25) is 11.8 Å². The largest absolute Gasteiger partial charge is 0.469 e. The molecule has 2 N–H and O–H groups in total.